The van der Waals surface area contributed by atoms with E-state index in [0.29, 0.717) is 0 Å². The van der Waals surface area contributed by atoms with Gasteiger partial charge >= 0.3 is 11.6 Å². The molecule has 0 fully saturated rings. The number of aromatic nitrogens is 2. The number of carbonyl (C=O) groups excluding carboxylic acids is 1. The molecule has 1 amide bonds. The smallest absolute Gasteiger partial charge is 0.332 e. The summed E-state index contributed by atoms with van der Waals surface area (Å²) < 4.78 is 7.05. The molecule has 0 aliphatic rings. The molecule has 2 aromatic heterocycles. The van der Waals surface area contributed by atoms with Crippen LogP contribution in [0.25, 0.3) is 0 Å². The lowest BCUT2D eigenvalue weighted by Crippen LogP contribution is -2.40. The maximum Gasteiger partial charge on any atom is 0.332 e. The summed E-state index contributed by atoms with van der Waals surface area (Å²) in [7, 11) is 2.85. The van der Waals surface area contributed by atoms with E-state index in [2.05, 4.69) is 10.9 Å². The largest absolute Gasteiger partial charge is 0.459 e. The Morgan fingerprint density at radius 3 is 2.63 bits per heavy atom. The van der Waals surface area contributed by atoms with E-state index in [1.54, 1.807) is 6.07 Å². The maximum absolute atomic E-state index is 11.6. The number of nitrogens with zero attached hydrogens (tertiary/aromatic N) is 2. The van der Waals surface area contributed by atoms with Crippen LogP contribution in [0.2, 0.25) is 0 Å². The van der Waals surface area contributed by atoms with Crippen LogP contribution in [0.4, 0.5) is 5.82 Å². The molecule has 2 rings (SSSR count). The predicted octanol–water partition coefficient (Wildman–Crippen LogP) is -0.566. The minimum Gasteiger partial charge on any atom is -0.459 e. The van der Waals surface area contributed by atoms with E-state index in [9.17, 15) is 14.4 Å². The van der Waals surface area contributed by atoms with Crippen LogP contribution < -0.4 is 22.1 Å². The number of carbonyl (C=O) groups is 1. The number of hydrogen-bond donors (Lipinski definition) is 2. The summed E-state index contributed by atoms with van der Waals surface area (Å²) in [6.45, 7) is 0. The summed E-state index contributed by atoms with van der Waals surface area (Å²) in [5.41, 5.74) is 3.85. The van der Waals surface area contributed by atoms with Crippen molar-refractivity contribution >= 4 is 11.7 Å². The molecule has 2 aromatic rings. The molecule has 0 unspecified atom stereocenters. The summed E-state index contributed by atoms with van der Waals surface area (Å²) in [6, 6.07) is 4.26. The first-order valence-electron chi connectivity index (χ1n) is 5.37. The van der Waals surface area contributed by atoms with Crippen molar-refractivity contribution in [2.24, 2.45) is 14.1 Å². The van der Waals surface area contributed by atoms with Gasteiger partial charge in [-0.3, -0.25) is 29.6 Å². The number of nitrogens with one attached hydrogen (secondary N) is 2. The van der Waals surface area contributed by atoms with Crippen molar-refractivity contribution in [1.29, 1.82) is 0 Å². The van der Waals surface area contributed by atoms with Crippen molar-refractivity contribution in [2.75, 3.05) is 5.43 Å². The zero-order valence-corrected chi connectivity index (χ0v) is 10.3. The molecule has 2 N–H and O–H groups in total. The Morgan fingerprint density at radius 2 is 2.00 bits per heavy atom. The van der Waals surface area contributed by atoms with E-state index in [1.807, 2.05) is 0 Å². The van der Waals surface area contributed by atoms with Gasteiger partial charge in [-0.1, -0.05) is 0 Å². The third kappa shape index (κ3) is 2.41. The average Bonchev–Trinajstić information content (AvgIpc) is 2.92. The third-order valence-corrected chi connectivity index (χ3v) is 2.58. The molecular weight excluding hydrogens is 252 g/mol. The van der Waals surface area contributed by atoms with E-state index in [4.69, 9.17) is 4.42 Å². The third-order valence-electron chi connectivity index (χ3n) is 2.58. The molecule has 8 nitrogen and oxygen atoms in total. The molecule has 0 radical (unpaired) electrons. The summed E-state index contributed by atoms with van der Waals surface area (Å²) in [5, 5.41) is 0. The number of hydrogen-bond acceptors (Lipinski definition) is 5. The number of furan rings is 1. The quantitative estimate of drug-likeness (QED) is 0.724. The Hall–Kier alpha value is -2.77. The highest BCUT2D eigenvalue weighted by Crippen LogP contribution is 2.00. The van der Waals surface area contributed by atoms with Gasteiger partial charge in [-0.2, -0.15) is 0 Å². The van der Waals surface area contributed by atoms with Crippen molar-refractivity contribution < 1.29 is 9.21 Å². The van der Waals surface area contributed by atoms with Crippen molar-refractivity contribution in [3.05, 3.63) is 51.1 Å². The van der Waals surface area contributed by atoms with E-state index >= 15 is 0 Å². The minimum atomic E-state index is -0.516. The van der Waals surface area contributed by atoms with Gasteiger partial charge in [0.15, 0.2) is 5.76 Å². The lowest BCUT2D eigenvalue weighted by atomic mass is 10.4. The second-order valence-electron chi connectivity index (χ2n) is 3.82. The van der Waals surface area contributed by atoms with Gasteiger partial charge in [-0.25, -0.2) is 4.79 Å². The molecule has 0 saturated heterocycles. The molecule has 0 saturated carbocycles. The van der Waals surface area contributed by atoms with Gasteiger partial charge in [-0.15, -0.1) is 0 Å². The highest BCUT2D eigenvalue weighted by atomic mass is 16.3. The second-order valence-corrected chi connectivity index (χ2v) is 3.82. The fraction of sp³-hybridized carbons (Fsp3) is 0.182. The van der Waals surface area contributed by atoms with Crippen molar-refractivity contribution in [1.82, 2.24) is 14.6 Å². The zero-order valence-electron chi connectivity index (χ0n) is 10.3. The Kier molecular flexibility index (Phi) is 3.23. The normalized spacial score (nSPS) is 10.2. The topological polar surface area (TPSA) is 98.3 Å². The fourth-order valence-electron chi connectivity index (χ4n) is 1.44. The summed E-state index contributed by atoms with van der Waals surface area (Å²) in [4.78, 5) is 34.7. The van der Waals surface area contributed by atoms with Crippen LogP contribution in [-0.2, 0) is 14.1 Å². The molecule has 8 heteroatoms. The van der Waals surface area contributed by atoms with Gasteiger partial charge in [0.05, 0.1) is 6.26 Å². The molecule has 0 aromatic carbocycles. The van der Waals surface area contributed by atoms with Crippen LogP contribution in [0.15, 0.2) is 38.5 Å². The fourth-order valence-corrected chi connectivity index (χ4v) is 1.44. The van der Waals surface area contributed by atoms with Crippen LogP contribution in [0, 0.1) is 0 Å². The highest BCUT2D eigenvalue weighted by Gasteiger charge is 2.10. The van der Waals surface area contributed by atoms with Gasteiger partial charge in [0, 0.05) is 20.2 Å². The van der Waals surface area contributed by atoms with E-state index in [1.165, 1.54) is 37.1 Å². The number of anilines is 1. The van der Waals surface area contributed by atoms with Gasteiger partial charge in [0.1, 0.15) is 5.82 Å². The first-order chi connectivity index (χ1) is 9.00. The first kappa shape index (κ1) is 12.7. The molecule has 19 heavy (non-hydrogen) atoms. The molecule has 0 bridgehead atoms. The molecule has 0 aliphatic carbocycles. The number of amides is 1. The van der Waals surface area contributed by atoms with E-state index in [0.717, 1.165) is 4.57 Å². The van der Waals surface area contributed by atoms with E-state index < -0.39 is 17.2 Å². The van der Waals surface area contributed by atoms with Crippen molar-refractivity contribution in [3.63, 3.8) is 0 Å². The van der Waals surface area contributed by atoms with Crippen LogP contribution in [-0.4, -0.2) is 15.0 Å². The number of rotatable bonds is 3. The molecule has 0 spiro atoms. The molecular formula is C11H12N4O4. The van der Waals surface area contributed by atoms with Crippen LogP contribution in [0.3, 0.4) is 0 Å². The van der Waals surface area contributed by atoms with E-state index in [-0.39, 0.29) is 11.6 Å². The Labute approximate surface area is 107 Å². The van der Waals surface area contributed by atoms with Crippen molar-refractivity contribution in [3.8, 4) is 0 Å². The zero-order chi connectivity index (χ0) is 14.0. The summed E-state index contributed by atoms with van der Waals surface area (Å²) in [6.07, 6.45) is 1.36. The van der Waals surface area contributed by atoms with Gasteiger partial charge in [-0.05, 0) is 12.1 Å². The van der Waals surface area contributed by atoms with Gasteiger partial charge in [0.25, 0.3) is 5.56 Å². The van der Waals surface area contributed by atoms with Crippen molar-refractivity contribution in [2.45, 2.75) is 0 Å². The monoisotopic (exact) mass is 264 g/mol. The molecule has 2 heterocycles. The standard InChI is InChI=1S/C11H12N4O4/c1-14-8(6-9(16)15(2)11(14)18)12-13-10(17)7-4-3-5-19-7/h3-6,12H,1-2H3,(H,13,17). The Bertz CT molecular complexity index is 711. The maximum atomic E-state index is 11.6. The summed E-state index contributed by atoms with van der Waals surface area (Å²) >= 11 is 0. The van der Waals surface area contributed by atoms with Crippen LogP contribution >= 0.6 is 0 Å². The second kappa shape index (κ2) is 4.84. The minimum absolute atomic E-state index is 0.112. The molecule has 0 aliphatic heterocycles. The van der Waals surface area contributed by atoms with Crippen LogP contribution in [0.5, 0.6) is 0 Å². The first-order valence-corrected chi connectivity index (χ1v) is 5.37. The SMILES string of the molecule is Cn1c(NNC(=O)c2ccco2)cc(=O)n(C)c1=O. The van der Waals surface area contributed by atoms with Gasteiger partial charge < -0.3 is 4.42 Å². The Morgan fingerprint density at radius 1 is 1.26 bits per heavy atom. The average molecular weight is 264 g/mol. The predicted molar refractivity (Wildman–Crippen MR) is 66.7 cm³/mol. The van der Waals surface area contributed by atoms with Gasteiger partial charge in [0.2, 0.25) is 0 Å². The lowest BCUT2D eigenvalue weighted by molar-refractivity contribution is 0.0935. The van der Waals surface area contributed by atoms with Crippen LogP contribution in [0.1, 0.15) is 10.6 Å². The summed E-state index contributed by atoms with van der Waals surface area (Å²) in [5.74, 6) is -0.229. The number of hydrazine groups is 1. The Balaban J connectivity index is 2.19. The molecule has 100 valence electrons. The molecule has 0 atom stereocenters. The lowest BCUT2D eigenvalue weighted by Gasteiger charge is -2.11. The highest BCUT2D eigenvalue weighted by molar-refractivity contribution is 5.91.